The van der Waals surface area contributed by atoms with Crippen LogP contribution in [0.15, 0.2) is 77.6 Å². The molecule has 1 aromatic heterocycles. The summed E-state index contributed by atoms with van der Waals surface area (Å²) in [5.41, 5.74) is 5.73. The molecular formula is C26H27N3O. The topological polar surface area (TPSA) is 46.9 Å². The van der Waals surface area contributed by atoms with Crippen LogP contribution in [0.5, 0.6) is 0 Å². The zero-order valence-electron chi connectivity index (χ0n) is 17.7. The fourth-order valence-corrected chi connectivity index (χ4v) is 3.76. The van der Waals surface area contributed by atoms with Gasteiger partial charge in [-0.15, -0.1) is 0 Å². The number of rotatable bonds is 6. The molecule has 0 saturated carbocycles. The second-order valence-corrected chi connectivity index (χ2v) is 7.85. The monoisotopic (exact) mass is 397 g/mol. The van der Waals surface area contributed by atoms with Crippen molar-refractivity contribution in [3.63, 3.8) is 0 Å². The quantitative estimate of drug-likeness (QED) is 0.456. The number of nitrogens with one attached hydrogen (secondary N) is 1. The molecule has 0 bridgehead atoms. The van der Waals surface area contributed by atoms with Gasteiger partial charge in [-0.2, -0.15) is 4.98 Å². The predicted molar refractivity (Wildman–Crippen MR) is 125 cm³/mol. The summed E-state index contributed by atoms with van der Waals surface area (Å²) in [4.78, 5) is 17.6. The highest BCUT2D eigenvalue weighted by Gasteiger charge is 2.14. The molecule has 0 amide bonds. The first-order valence-electron chi connectivity index (χ1n) is 10.5. The van der Waals surface area contributed by atoms with Crippen molar-refractivity contribution in [3.05, 3.63) is 94.4 Å². The van der Waals surface area contributed by atoms with E-state index in [2.05, 4.69) is 61.4 Å². The number of hydrogen-bond acceptors (Lipinski definition) is 3. The lowest BCUT2D eigenvalue weighted by Crippen LogP contribution is -2.24. The van der Waals surface area contributed by atoms with Gasteiger partial charge in [-0.25, -0.2) is 4.79 Å². The Kier molecular flexibility index (Phi) is 5.66. The van der Waals surface area contributed by atoms with E-state index in [1.807, 2.05) is 42.5 Å². The fourth-order valence-electron chi connectivity index (χ4n) is 3.76. The molecule has 1 N–H and O–H groups in total. The highest BCUT2D eigenvalue weighted by atomic mass is 16.1. The second kappa shape index (κ2) is 8.54. The molecular weight excluding hydrogens is 370 g/mol. The van der Waals surface area contributed by atoms with Gasteiger partial charge < -0.3 is 5.32 Å². The summed E-state index contributed by atoms with van der Waals surface area (Å²) < 4.78 is 1.76. The normalized spacial score (nSPS) is 11.2. The van der Waals surface area contributed by atoms with Gasteiger partial charge in [0, 0.05) is 23.2 Å². The minimum absolute atomic E-state index is 0.231. The van der Waals surface area contributed by atoms with Gasteiger partial charge in [0.2, 0.25) is 0 Å². The molecule has 3 aromatic carbocycles. The highest BCUT2D eigenvalue weighted by molar-refractivity contribution is 5.94. The smallest absolute Gasteiger partial charge is 0.348 e. The van der Waals surface area contributed by atoms with Crippen LogP contribution in [0.25, 0.3) is 22.2 Å². The molecule has 4 rings (SSSR count). The van der Waals surface area contributed by atoms with Gasteiger partial charge in [-0.05, 0) is 42.2 Å². The van der Waals surface area contributed by atoms with E-state index in [0.717, 1.165) is 40.0 Å². The van der Waals surface area contributed by atoms with Gasteiger partial charge in [0.25, 0.3) is 0 Å². The Bertz CT molecular complexity index is 1210. The molecule has 4 nitrogen and oxygen atoms in total. The van der Waals surface area contributed by atoms with Gasteiger partial charge in [0.15, 0.2) is 0 Å². The fraction of sp³-hybridized carbons (Fsp3) is 0.231. The lowest BCUT2D eigenvalue weighted by Gasteiger charge is -2.15. The summed E-state index contributed by atoms with van der Waals surface area (Å²) in [6.07, 6.45) is 0. The van der Waals surface area contributed by atoms with Crippen molar-refractivity contribution in [1.29, 1.82) is 0 Å². The first kappa shape index (κ1) is 19.9. The zero-order valence-corrected chi connectivity index (χ0v) is 17.7. The lowest BCUT2D eigenvalue weighted by molar-refractivity contribution is 0.763. The van der Waals surface area contributed by atoms with Gasteiger partial charge in [0.05, 0.1) is 17.8 Å². The van der Waals surface area contributed by atoms with Gasteiger partial charge in [-0.3, -0.25) is 4.57 Å². The molecule has 4 aromatic rings. The van der Waals surface area contributed by atoms with Crippen molar-refractivity contribution >= 4 is 16.6 Å². The van der Waals surface area contributed by atoms with E-state index in [9.17, 15) is 4.79 Å². The van der Waals surface area contributed by atoms with Crippen LogP contribution in [0.1, 0.15) is 37.8 Å². The van der Waals surface area contributed by atoms with Gasteiger partial charge >= 0.3 is 5.69 Å². The third-order valence-electron chi connectivity index (χ3n) is 5.40. The van der Waals surface area contributed by atoms with E-state index in [1.165, 1.54) is 5.56 Å². The number of benzene rings is 3. The maximum Gasteiger partial charge on any atom is 0.348 e. The van der Waals surface area contributed by atoms with Gasteiger partial charge in [0.1, 0.15) is 0 Å². The van der Waals surface area contributed by atoms with Crippen LogP contribution >= 0.6 is 0 Å². The van der Waals surface area contributed by atoms with Crippen LogP contribution in [-0.4, -0.2) is 16.1 Å². The zero-order chi connectivity index (χ0) is 21.1. The first-order valence-corrected chi connectivity index (χ1v) is 10.5. The van der Waals surface area contributed by atoms with Gasteiger partial charge in [-0.1, -0.05) is 68.4 Å². The van der Waals surface area contributed by atoms with Crippen LogP contribution in [0, 0.1) is 0 Å². The number of anilines is 1. The Hall–Kier alpha value is -3.40. The molecule has 0 atom stereocenters. The molecule has 4 heteroatoms. The Morgan fingerprint density at radius 2 is 1.70 bits per heavy atom. The summed E-state index contributed by atoms with van der Waals surface area (Å²) >= 11 is 0. The van der Waals surface area contributed by atoms with Crippen LogP contribution in [0.3, 0.4) is 0 Å². The Morgan fingerprint density at radius 1 is 0.967 bits per heavy atom. The molecule has 0 spiro atoms. The average Bonchev–Trinajstić information content (AvgIpc) is 2.76. The largest absolute Gasteiger partial charge is 0.385 e. The van der Waals surface area contributed by atoms with E-state index in [4.69, 9.17) is 0 Å². The van der Waals surface area contributed by atoms with Crippen molar-refractivity contribution in [2.45, 2.75) is 33.2 Å². The van der Waals surface area contributed by atoms with Crippen LogP contribution in [0.2, 0.25) is 0 Å². The Morgan fingerprint density at radius 3 is 2.37 bits per heavy atom. The Balaban J connectivity index is 1.90. The third kappa shape index (κ3) is 3.99. The lowest BCUT2D eigenvalue weighted by atomic mass is 9.99. The van der Waals surface area contributed by atoms with Crippen molar-refractivity contribution in [1.82, 2.24) is 9.55 Å². The molecule has 0 aliphatic heterocycles. The number of fused-ring (bicyclic) bond motifs is 1. The maximum absolute atomic E-state index is 13.1. The summed E-state index contributed by atoms with van der Waals surface area (Å²) in [6.45, 7) is 7.76. The first-order chi connectivity index (χ1) is 14.6. The molecule has 0 saturated heterocycles. The van der Waals surface area contributed by atoms with Crippen LogP contribution < -0.4 is 11.0 Å². The summed E-state index contributed by atoms with van der Waals surface area (Å²) in [5.74, 6) is 0.461. The summed E-state index contributed by atoms with van der Waals surface area (Å²) in [5, 5.41) is 4.34. The second-order valence-electron chi connectivity index (χ2n) is 7.85. The van der Waals surface area contributed by atoms with Crippen molar-refractivity contribution in [2.24, 2.45) is 0 Å². The van der Waals surface area contributed by atoms with Crippen molar-refractivity contribution < 1.29 is 0 Å². The number of nitrogens with zero attached hydrogens (tertiary/aromatic N) is 2. The number of hydrogen-bond donors (Lipinski definition) is 1. The van der Waals surface area contributed by atoms with E-state index >= 15 is 0 Å². The molecule has 0 fully saturated rings. The highest BCUT2D eigenvalue weighted by Crippen LogP contribution is 2.29. The maximum atomic E-state index is 13.1. The van der Waals surface area contributed by atoms with E-state index < -0.39 is 0 Å². The molecule has 0 unspecified atom stereocenters. The predicted octanol–water partition coefficient (Wildman–Crippen LogP) is 5.67. The minimum Gasteiger partial charge on any atom is -0.385 e. The molecule has 0 aliphatic rings. The van der Waals surface area contributed by atoms with Crippen LogP contribution in [-0.2, 0) is 6.54 Å². The van der Waals surface area contributed by atoms with Crippen LogP contribution in [0.4, 0.5) is 5.69 Å². The summed E-state index contributed by atoms with van der Waals surface area (Å²) in [7, 11) is 0. The van der Waals surface area contributed by atoms with Crippen molar-refractivity contribution in [3.8, 4) is 11.3 Å². The van der Waals surface area contributed by atoms with E-state index in [1.54, 1.807) is 4.57 Å². The van der Waals surface area contributed by atoms with E-state index in [-0.39, 0.29) is 5.69 Å². The SMILES string of the molecule is CCNc1ccc2c(c1)c(-c1ccc(C(C)C)cc1)nc(=O)n2Cc1ccccc1. The molecule has 0 aliphatic carbocycles. The Labute approximate surface area is 177 Å². The van der Waals surface area contributed by atoms with E-state index in [0.29, 0.717) is 12.5 Å². The molecule has 0 radical (unpaired) electrons. The third-order valence-corrected chi connectivity index (χ3v) is 5.40. The standard InChI is InChI=1S/C26H27N3O/c1-4-27-22-14-15-24-23(16-22)25(21-12-10-20(11-13-21)18(2)3)28-26(30)29(24)17-19-8-6-5-7-9-19/h5-16,18,27H,4,17H2,1-3H3. The summed E-state index contributed by atoms with van der Waals surface area (Å²) in [6, 6.07) is 24.5. The molecule has 30 heavy (non-hydrogen) atoms. The molecule has 152 valence electrons. The minimum atomic E-state index is -0.231. The number of aromatic nitrogens is 2. The molecule has 1 heterocycles. The average molecular weight is 398 g/mol. The van der Waals surface area contributed by atoms with Crippen molar-refractivity contribution in [2.75, 3.05) is 11.9 Å².